The highest BCUT2D eigenvalue weighted by molar-refractivity contribution is 5.79. The van der Waals surface area contributed by atoms with Gasteiger partial charge in [0.05, 0.1) is 0 Å². The highest BCUT2D eigenvalue weighted by Crippen LogP contribution is 2.30. The van der Waals surface area contributed by atoms with Crippen LogP contribution in [0, 0.1) is 5.92 Å². The summed E-state index contributed by atoms with van der Waals surface area (Å²) in [5.41, 5.74) is 0.726. The van der Waals surface area contributed by atoms with E-state index in [-0.39, 0.29) is 23.4 Å². The van der Waals surface area contributed by atoms with Crippen molar-refractivity contribution < 1.29 is 19.1 Å². The number of likely N-dealkylation sites (tertiary alicyclic amines) is 1. The molecule has 0 spiro atoms. The summed E-state index contributed by atoms with van der Waals surface area (Å²) in [5, 5.41) is 5.97. The van der Waals surface area contributed by atoms with Crippen LogP contribution in [0.1, 0.15) is 39.2 Å². The Hall–Kier alpha value is -2.44. The van der Waals surface area contributed by atoms with Crippen molar-refractivity contribution in [3.8, 4) is 11.5 Å². The zero-order valence-corrected chi connectivity index (χ0v) is 16.3. The molecule has 7 nitrogen and oxygen atoms in total. The summed E-state index contributed by atoms with van der Waals surface area (Å²) in [5.74, 6) is 1.46. The first-order chi connectivity index (χ1) is 12.8. The second-order valence-electron chi connectivity index (χ2n) is 8.14. The number of nitrogens with one attached hydrogen (secondary N) is 2. The number of rotatable bonds is 3. The fourth-order valence-electron chi connectivity index (χ4n) is 3.28. The van der Waals surface area contributed by atoms with Gasteiger partial charge < -0.3 is 25.0 Å². The Kier molecular flexibility index (Phi) is 5.77. The van der Waals surface area contributed by atoms with Gasteiger partial charge in [0.25, 0.3) is 0 Å². The standard InChI is InChI=1S/C20H29N3O4/c1-20(2,3)22-19(25)23-8-6-15(7-9-23)18(24)21-13-14-4-5-16-17(12-14)27-11-10-26-16/h4-5,12,15H,6-11,13H2,1-3H3,(H,21,24)(H,22,25). The summed E-state index contributed by atoms with van der Waals surface area (Å²) in [7, 11) is 0. The van der Waals surface area contributed by atoms with Crippen molar-refractivity contribution in [3.05, 3.63) is 23.8 Å². The first kappa shape index (κ1) is 19.3. The van der Waals surface area contributed by atoms with Crippen molar-refractivity contribution in [2.24, 2.45) is 5.92 Å². The fourth-order valence-corrected chi connectivity index (χ4v) is 3.28. The number of benzene rings is 1. The van der Waals surface area contributed by atoms with Gasteiger partial charge in [0.2, 0.25) is 5.91 Å². The molecule has 1 aromatic carbocycles. The molecule has 2 aliphatic heterocycles. The van der Waals surface area contributed by atoms with Gasteiger partial charge in [-0.2, -0.15) is 0 Å². The number of piperidine rings is 1. The third-order valence-electron chi connectivity index (χ3n) is 4.71. The lowest BCUT2D eigenvalue weighted by Gasteiger charge is -2.33. The molecule has 1 saturated heterocycles. The van der Waals surface area contributed by atoms with E-state index in [0.29, 0.717) is 45.7 Å². The smallest absolute Gasteiger partial charge is 0.317 e. The molecule has 0 aliphatic carbocycles. The van der Waals surface area contributed by atoms with E-state index < -0.39 is 0 Å². The molecule has 0 radical (unpaired) electrons. The monoisotopic (exact) mass is 375 g/mol. The Balaban J connectivity index is 1.45. The summed E-state index contributed by atoms with van der Waals surface area (Å²) in [6.45, 7) is 8.66. The molecule has 0 atom stereocenters. The number of hydrogen-bond donors (Lipinski definition) is 2. The molecule has 2 N–H and O–H groups in total. The number of nitrogens with zero attached hydrogens (tertiary/aromatic N) is 1. The van der Waals surface area contributed by atoms with Crippen molar-refractivity contribution in [2.45, 2.75) is 45.7 Å². The number of hydrogen-bond acceptors (Lipinski definition) is 4. The predicted molar refractivity (Wildman–Crippen MR) is 102 cm³/mol. The van der Waals surface area contributed by atoms with Crippen molar-refractivity contribution in [2.75, 3.05) is 26.3 Å². The van der Waals surface area contributed by atoms with Crippen LogP contribution in [-0.4, -0.2) is 48.7 Å². The Bertz CT molecular complexity index is 691. The first-order valence-corrected chi connectivity index (χ1v) is 9.55. The van der Waals surface area contributed by atoms with Crippen LogP contribution in [0.5, 0.6) is 11.5 Å². The van der Waals surface area contributed by atoms with E-state index in [1.165, 1.54) is 0 Å². The molecular weight excluding hydrogens is 346 g/mol. The van der Waals surface area contributed by atoms with E-state index in [2.05, 4.69) is 10.6 Å². The lowest BCUT2D eigenvalue weighted by atomic mass is 9.96. The molecule has 2 heterocycles. The number of ether oxygens (including phenoxy) is 2. The summed E-state index contributed by atoms with van der Waals surface area (Å²) >= 11 is 0. The van der Waals surface area contributed by atoms with E-state index in [4.69, 9.17) is 9.47 Å². The highest BCUT2D eigenvalue weighted by Gasteiger charge is 2.28. The largest absolute Gasteiger partial charge is 0.486 e. The summed E-state index contributed by atoms with van der Waals surface area (Å²) in [6.07, 6.45) is 1.37. The number of carbonyl (C=O) groups is 2. The van der Waals surface area contributed by atoms with Crippen molar-refractivity contribution in [1.82, 2.24) is 15.5 Å². The van der Waals surface area contributed by atoms with Gasteiger partial charge in [-0.15, -0.1) is 0 Å². The van der Waals surface area contributed by atoms with Gasteiger partial charge in [0.1, 0.15) is 13.2 Å². The average Bonchev–Trinajstić information content (AvgIpc) is 2.64. The fraction of sp³-hybridized carbons (Fsp3) is 0.600. The molecule has 0 unspecified atom stereocenters. The van der Waals surface area contributed by atoms with Crippen LogP contribution in [-0.2, 0) is 11.3 Å². The minimum atomic E-state index is -0.255. The second-order valence-corrected chi connectivity index (χ2v) is 8.14. The molecular formula is C20H29N3O4. The van der Waals surface area contributed by atoms with Gasteiger partial charge in [-0.3, -0.25) is 4.79 Å². The zero-order valence-electron chi connectivity index (χ0n) is 16.3. The Morgan fingerprint density at radius 3 is 2.44 bits per heavy atom. The van der Waals surface area contributed by atoms with E-state index in [9.17, 15) is 9.59 Å². The zero-order chi connectivity index (χ0) is 19.4. The molecule has 0 aromatic heterocycles. The van der Waals surface area contributed by atoms with Gasteiger partial charge >= 0.3 is 6.03 Å². The Labute approximate surface area is 160 Å². The second kappa shape index (κ2) is 8.06. The van der Waals surface area contributed by atoms with Crippen LogP contribution in [0.15, 0.2) is 18.2 Å². The van der Waals surface area contributed by atoms with Gasteiger partial charge in [-0.25, -0.2) is 4.79 Å². The van der Waals surface area contributed by atoms with Crippen LogP contribution < -0.4 is 20.1 Å². The SMILES string of the molecule is CC(C)(C)NC(=O)N1CCC(C(=O)NCc2ccc3c(c2)OCCO3)CC1. The quantitative estimate of drug-likeness (QED) is 0.850. The van der Waals surface area contributed by atoms with Gasteiger partial charge in [0.15, 0.2) is 11.5 Å². The summed E-state index contributed by atoms with van der Waals surface area (Å²) in [4.78, 5) is 26.5. The van der Waals surface area contributed by atoms with E-state index in [0.717, 1.165) is 17.1 Å². The predicted octanol–water partition coefficient (Wildman–Crippen LogP) is 2.29. The first-order valence-electron chi connectivity index (χ1n) is 9.55. The molecule has 3 amide bonds. The van der Waals surface area contributed by atoms with Crippen molar-refractivity contribution >= 4 is 11.9 Å². The molecule has 3 rings (SSSR count). The van der Waals surface area contributed by atoms with Crippen LogP contribution in [0.25, 0.3) is 0 Å². The third-order valence-corrected chi connectivity index (χ3v) is 4.71. The summed E-state index contributed by atoms with van der Waals surface area (Å²) < 4.78 is 11.1. The number of amides is 3. The minimum Gasteiger partial charge on any atom is -0.486 e. The summed E-state index contributed by atoms with van der Waals surface area (Å²) in [6, 6.07) is 5.67. The van der Waals surface area contributed by atoms with Crippen LogP contribution >= 0.6 is 0 Å². The van der Waals surface area contributed by atoms with E-state index in [1.807, 2.05) is 39.0 Å². The Morgan fingerprint density at radius 2 is 1.78 bits per heavy atom. The van der Waals surface area contributed by atoms with Crippen molar-refractivity contribution in [3.63, 3.8) is 0 Å². The van der Waals surface area contributed by atoms with Crippen molar-refractivity contribution in [1.29, 1.82) is 0 Å². The molecule has 148 valence electrons. The molecule has 1 fully saturated rings. The average molecular weight is 375 g/mol. The lowest BCUT2D eigenvalue weighted by Crippen LogP contribution is -2.51. The molecule has 2 aliphatic rings. The Morgan fingerprint density at radius 1 is 1.11 bits per heavy atom. The van der Waals surface area contributed by atoms with Crippen LogP contribution in [0.4, 0.5) is 4.79 Å². The topological polar surface area (TPSA) is 79.9 Å². The maximum atomic E-state index is 12.5. The highest BCUT2D eigenvalue weighted by atomic mass is 16.6. The van der Waals surface area contributed by atoms with Crippen LogP contribution in [0.3, 0.4) is 0 Å². The maximum Gasteiger partial charge on any atom is 0.317 e. The number of urea groups is 1. The lowest BCUT2D eigenvalue weighted by molar-refractivity contribution is -0.126. The third kappa shape index (κ3) is 5.28. The molecule has 1 aromatic rings. The molecule has 27 heavy (non-hydrogen) atoms. The molecule has 7 heteroatoms. The van der Waals surface area contributed by atoms with Gasteiger partial charge in [-0.1, -0.05) is 6.07 Å². The van der Waals surface area contributed by atoms with Gasteiger partial charge in [0, 0.05) is 31.1 Å². The van der Waals surface area contributed by atoms with Gasteiger partial charge in [-0.05, 0) is 51.3 Å². The van der Waals surface area contributed by atoms with E-state index >= 15 is 0 Å². The number of carbonyl (C=O) groups excluding carboxylic acids is 2. The molecule has 0 bridgehead atoms. The van der Waals surface area contributed by atoms with Crippen LogP contribution in [0.2, 0.25) is 0 Å². The maximum absolute atomic E-state index is 12.5. The minimum absolute atomic E-state index is 0.0424. The van der Waals surface area contributed by atoms with E-state index in [1.54, 1.807) is 4.90 Å². The number of fused-ring (bicyclic) bond motifs is 1. The normalized spacial score (nSPS) is 17.4. The molecule has 0 saturated carbocycles.